The average Bonchev–Trinajstić information content (AvgIpc) is 3.05. The topological polar surface area (TPSA) is 83.6 Å². The Morgan fingerprint density at radius 2 is 1.75 bits per heavy atom. The zero-order chi connectivity index (χ0) is 26.3. The first-order chi connectivity index (χ1) is 16.8. The molecule has 0 saturated carbocycles. The molecule has 3 heterocycles. The maximum absolute atomic E-state index is 13.1. The van der Waals surface area contributed by atoms with Gasteiger partial charge in [0.15, 0.2) is 11.4 Å². The molecule has 1 aromatic heterocycles. The van der Waals surface area contributed by atoms with Crippen molar-refractivity contribution in [3.8, 4) is 5.75 Å². The van der Waals surface area contributed by atoms with Crippen LogP contribution < -0.4 is 20.3 Å². The molecule has 4 rings (SSSR count). The fourth-order valence-electron chi connectivity index (χ4n) is 4.77. The van der Waals surface area contributed by atoms with E-state index in [9.17, 15) is 22.8 Å². The van der Waals surface area contributed by atoms with Crippen molar-refractivity contribution in [2.45, 2.75) is 69.4 Å². The molecule has 1 aromatic carbocycles. The minimum Gasteiger partial charge on any atom is -0.476 e. The highest BCUT2D eigenvalue weighted by molar-refractivity contribution is 6.35. The quantitative estimate of drug-likeness (QED) is 0.511. The number of benzene rings is 1. The van der Waals surface area contributed by atoms with Gasteiger partial charge in [-0.2, -0.15) is 13.2 Å². The summed E-state index contributed by atoms with van der Waals surface area (Å²) >= 11 is 12.1. The molecule has 2 saturated heterocycles. The Kier molecular flexibility index (Phi) is 7.30. The third kappa shape index (κ3) is 5.64. The van der Waals surface area contributed by atoms with Crippen molar-refractivity contribution in [2.75, 3.05) is 10.2 Å². The number of nitrogens with zero attached hydrogens (tertiary/aromatic N) is 2. The molecule has 2 aromatic rings. The molecule has 0 spiro atoms. The van der Waals surface area contributed by atoms with Crippen LogP contribution in [0.15, 0.2) is 36.5 Å². The van der Waals surface area contributed by atoms with E-state index in [2.05, 4.69) is 10.3 Å². The predicted octanol–water partition coefficient (Wildman–Crippen LogP) is 5.36. The number of anilines is 2. The number of amides is 2. The van der Waals surface area contributed by atoms with Crippen molar-refractivity contribution in [2.24, 2.45) is 0 Å². The Morgan fingerprint density at radius 1 is 1.08 bits per heavy atom. The molecule has 0 aliphatic carbocycles. The Labute approximate surface area is 216 Å². The molecule has 2 amide bonds. The summed E-state index contributed by atoms with van der Waals surface area (Å²) in [4.78, 5) is 30.9. The summed E-state index contributed by atoms with van der Waals surface area (Å²) in [6.45, 7) is 3.28. The number of nitrogens with one attached hydrogen (secondary N) is 2. The molecule has 3 atom stereocenters. The molecule has 2 aliphatic rings. The van der Waals surface area contributed by atoms with Crippen LogP contribution in [0.3, 0.4) is 0 Å². The van der Waals surface area contributed by atoms with Gasteiger partial charge in [-0.3, -0.25) is 9.59 Å². The summed E-state index contributed by atoms with van der Waals surface area (Å²) in [5, 5.41) is 5.73. The van der Waals surface area contributed by atoms with Crippen LogP contribution in [0.5, 0.6) is 5.75 Å². The number of piperidine rings is 1. The summed E-state index contributed by atoms with van der Waals surface area (Å²) in [6, 6.07) is 7.35. The van der Waals surface area contributed by atoms with Crippen LogP contribution in [0.25, 0.3) is 0 Å². The van der Waals surface area contributed by atoms with E-state index in [1.807, 2.05) is 10.2 Å². The number of aromatic nitrogens is 1. The van der Waals surface area contributed by atoms with Gasteiger partial charge in [-0.05, 0) is 69.9 Å². The van der Waals surface area contributed by atoms with Crippen LogP contribution in [0.4, 0.5) is 24.7 Å². The number of carbonyl (C=O) groups is 2. The third-order valence-electron chi connectivity index (χ3n) is 6.41. The molecule has 2 N–H and O–H groups in total. The number of pyridine rings is 1. The van der Waals surface area contributed by atoms with E-state index in [1.54, 1.807) is 26.0 Å². The third-order valence-corrected chi connectivity index (χ3v) is 6.94. The molecule has 2 aliphatic heterocycles. The van der Waals surface area contributed by atoms with Gasteiger partial charge in [-0.25, -0.2) is 4.98 Å². The molecule has 0 radical (unpaired) electrons. The lowest BCUT2D eigenvalue weighted by molar-refractivity contribution is -0.167. The van der Waals surface area contributed by atoms with Gasteiger partial charge in [-0.15, -0.1) is 0 Å². The summed E-state index contributed by atoms with van der Waals surface area (Å²) < 4.78 is 44.3. The summed E-state index contributed by atoms with van der Waals surface area (Å²) in [6.07, 6.45) is -0.796. The minimum atomic E-state index is -5.01. The van der Waals surface area contributed by atoms with Crippen molar-refractivity contribution >= 4 is 46.5 Å². The summed E-state index contributed by atoms with van der Waals surface area (Å²) in [5.41, 5.74) is -1.21. The first-order valence-electron chi connectivity index (χ1n) is 11.4. The lowest BCUT2D eigenvalue weighted by Gasteiger charge is -2.41. The number of halogens is 5. The lowest BCUT2D eigenvalue weighted by atomic mass is 9.96. The Hall–Kier alpha value is -2.72. The molecular weight excluding hydrogens is 520 g/mol. The van der Waals surface area contributed by atoms with E-state index in [1.165, 1.54) is 24.4 Å². The van der Waals surface area contributed by atoms with Crippen LogP contribution in [0.2, 0.25) is 10.0 Å². The van der Waals surface area contributed by atoms with Gasteiger partial charge in [-0.1, -0.05) is 23.2 Å². The fourth-order valence-corrected chi connectivity index (χ4v) is 5.22. The number of fused-ring (bicyclic) bond motifs is 2. The van der Waals surface area contributed by atoms with Crippen LogP contribution in [-0.4, -0.2) is 46.7 Å². The second kappa shape index (κ2) is 9.97. The molecule has 7 nitrogen and oxygen atoms in total. The first-order valence-corrected chi connectivity index (χ1v) is 12.2. The van der Waals surface area contributed by atoms with E-state index >= 15 is 0 Å². The van der Waals surface area contributed by atoms with Crippen molar-refractivity contribution in [1.82, 2.24) is 10.3 Å². The predicted molar refractivity (Wildman–Crippen MR) is 131 cm³/mol. The van der Waals surface area contributed by atoms with Crippen LogP contribution >= 0.6 is 23.2 Å². The average molecular weight is 545 g/mol. The van der Waals surface area contributed by atoms with Gasteiger partial charge < -0.3 is 20.3 Å². The van der Waals surface area contributed by atoms with E-state index in [0.29, 0.717) is 34.5 Å². The second-order valence-corrected chi connectivity index (χ2v) is 10.3. The molecule has 36 heavy (non-hydrogen) atoms. The smallest absolute Gasteiger partial charge is 0.471 e. The van der Waals surface area contributed by atoms with E-state index < -0.39 is 17.7 Å². The number of hydrogen-bond donors (Lipinski definition) is 2. The number of rotatable bonds is 6. The van der Waals surface area contributed by atoms with Crippen LogP contribution in [-0.2, 0) is 9.59 Å². The first kappa shape index (κ1) is 26.3. The fraction of sp³-hybridized carbons (Fsp3) is 0.458. The van der Waals surface area contributed by atoms with E-state index in [4.69, 9.17) is 27.9 Å². The summed E-state index contributed by atoms with van der Waals surface area (Å²) in [7, 11) is 0. The number of carbonyl (C=O) groups excluding carboxylic acids is 2. The highest BCUT2D eigenvalue weighted by atomic mass is 35.5. The standard InChI is InChI=1S/C24H25Cl2F3N4O3/c1-23(2,36-19-8-5-13(25)10-17(19)26)21(34)31-14-11-15-6-7-16(12-14)33(15)20-18(4-3-9-30-20)32-22(35)24(27,28)29/h3-5,8-10,14-16H,6-7,11-12H2,1-2H3,(H,31,34)(H,32,35)/t14?,15-,16?/m0/s1. The summed E-state index contributed by atoms with van der Waals surface area (Å²) in [5.74, 6) is -1.73. The van der Waals surface area contributed by atoms with Gasteiger partial charge >= 0.3 is 12.1 Å². The normalized spacial score (nSPS) is 21.8. The Bertz CT molecular complexity index is 1150. The van der Waals surface area contributed by atoms with Crippen LogP contribution in [0, 0.1) is 0 Å². The SMILES string of the molecule is CC(C)(Oc1ccc(Cl)cc1Cl)C(=O)NC1CC2CC[C@@H](C1)N2c1ncccc1NC(=O)C(F)(F)F. The largest absolute Gasteiger partial charge is 0.476 e. The molecule has 2 fully saturated rings. The van der Waals surface area contributed by atoms with Gasteiger partial charge in [0.05, 0.1) is 10.7 Å². The van der Waals surface area contributed by atoms with Gasteiger partial charge in [0.1, 0.15) is 5.75 Å². The van der Waals surface area contributed by atoms with E-state index in [-0.39, 0.29) is 29.7 Å². The molecule has 2 unspecified atom stereocenters. The maximum atomic E-state index is 13.1. The van der Waals surface area contributed by atoms with Gasteiger partial charge in [0, 0.05) is 29.3 Å². The van der Waals surface area contributed by atoms with Gasteiger partial charge in [0.2, 0.25) is 0 Å². The van der Waals surface area contributed by atoms with Crippen molar-refractivity contribution in [3.05, 3.63) is 46.6 Å². The zero-order valence-corrected chi connectivity index (χ0v) is 21.0. The van der Waals surface area contributed by atoms with E-state index in [0.717, 1.165) is 12.8 Å². The minimum absolute atomic E-state index is 0.00795. The maximum Gasteiger partial charge on any atom is 0.471 e. The highest BCUT2D eigenvalue weighted by Crippen LogP contribution is 2.41. The highest BCUT2D eigenvalue weighted by Gasteiger charge is 2.45. The lowest BCUT2D eigenvalue weighted by Crippen LogP contribution is -2.55. The van der Waals surface area contributed by atoms with Crippen molar-refractivity contribution in [1.29, 1.82) is 0 Å². The zero-order valence-electron chi connectivity index (χ0n) is 19.5. The van der Waals surface area contributed by atoms with Crippen LogP contribution in [0.1, 0.15) is 39.5 Å². The van der Waals surface area contributed by atoms with Gasteiger partial charge in [0.25, 0.3) is 5.91 Å². The number of alkyl halides is 3. The second-order valence-electron chi connectivity index (χ2n) is 9.45. The van der Waals surface area contributed by atoms with Crippen molar-refractivity contribution < 1.29 is 27.5 Å². The number of ether oxygens (including phenoxy) is 1. The molecular formula is C24H25Cl2F3N4O3. The molecule has 194 valence electrons. The Balaban J connectivity index is 1.44. The number of hydrogen-bond acceptors (Lipinski definition) is 5. The molecule has 12 heteroatoms. The monoisotopic (exact) mass is 544 g/mol. The van der Waals surface area contributed by atoms with Crippen molar-refractivity contribution in [3.63, 3.8) is 0 Å². The Morgan fingerprint density at radius 3 is 2.36 bits per heavy atom. The molecule has 2 bridgehead atoms.